The van der Waals surface area contributed by atoms with E-state index in [9.17, 15) is 0 Å². The van der Waals surface area contributed by atoms with E-state index in [2.05, 4.69) is 26.9 Å². The van der Waals surface area contributed by atoms with Gasteiger partial charge < -0.3 is 25.0 Å². The van der Waals surface area contributed by atoms with Gasteiger partial charge in [0, 0.05) is 62.6 Å². The van der Waals surface area contributed by atoms with Crippen LogP contribution in [0.15, 0.2) is 29.3 Å². The molecule has 2 saturated heterocycles. The fourth-order valence-corrected chi connectivity index (χ4v) is 3.40. The van der Waals surface area contributed by atoms with E-state index >= 15 is 0 Å². The number of benzene rings is 1. The fourth-order valence-electron chi connectivity index (χ4n) is 3.27. The third-order valence-corrected chi connectivity index (χ3v) is 5.15. The van der Waals surface area contributed by atoms with E-state index in [0.29, 0.717) is 18.4 Å². The van der Waals surface area contributed by atoms with Gasteiger partial charge in [-0.15, -0.1) is 24.0 Å². The van der Waals surface area contributed by atoms with Crippen LogP contribution >= 0.6 is 35.6 Å². The molecule has 1 aromatic rings. The predicted molar refractivity (Wildman–Crippen MR) is 122 cm³/mol. The van der Waals surface area contributed by atoms with Crippen molar-refractivity contribution in [3.63, 3.8) is 0 Å². The van der Waals surface area contributed by atoms with E-state index < -0.39 is 0 Å². The number of piperazine rings is 1. The van der Waals surface area contributed by atoms with Crippen LogP contribution < -0.4 is 10.6 Å². The van der Waals surface area contributed by atoms with Crippen LogP contribution in [-0.2, 0) is 9.47 Å². The Morgan fingerprint density at radius 1 is 1.22 bits per heavy atom. The number of anilines is 1. The van der Waals surface area contributed by atoms with Gasteiger partial charge in [0.15, 0.2) is 5.96 Å². The van der Waals surface area contributed by atoms with Crippen LogP contribution in [0.5, 0.6) is 0 Å². The summed E-state index contributed by atoms with van der Waals surface area (Å²) in [6.07, 6.45) is 2.02. The molecule has 3 rings (SSSR count). The smallest absolute Gasteiger partial charge is 0.191 e. The third-order valence-electron chi connectivity index (χ3n) is 4.89. The fraction of sp³-hybridized carbons (Fsp3) is 0.632. The quantitative estimate of drug-likeness (QED) is 0.266. The second-order valence-electron chi connectivity index (χ2n) is 6.85. The van der Waals surface area contributed by atoms with Crippen molar-refractivity contribution < 1.29 is 9.47 Å². The molecule has 2 fully saturated rings. The molecule has 0 bridgehead atoms. The first-order valence-electron chi connectivity index (χ1n) is 9.43. The molecule has 8 heteroatoms. The highest BCUT2D eigenvalue weighted by Gasteiger charge is 2.18. The lowest BCUT2D eigenvalue weighted by Crippen LogP contribution is -2.51. The van der Waals surface area contributed by atoms with Gasteiger partial charge in [-0.1, -0.05) is 11.6 Å². The lowest BCUT2D eigenvalue weighted by Gasteiger charge is -2.36. The summed E-state index contributed by atoms with van der Waals surface area (Å²) in [6, 6.07) is 7.99. The van der Waals surface area contributed by atoms with Crippen molar-refractivity contribution in [3.05, 3.63) is 29.3 Å². The molecule has 1 atom stereocenters. The monoisotopic (exact) mass is 508 g/mol. The van der Waals surface area contributed by atoms with Crippen LogP contribution in [0.4, 0.5) is 5.69 Å². The maximum atomic E-state index is 6.15. The first kappa shape index (κ1) is 22.5. The Morgan fingerprint density at radius 3 is 2.63 bits per heavy atom. The number of nitrogens with two attached hydrogens (primary N) is 1. The number of hydrogen-bond acceptors (Lipinski definition) is 4. The molecular weight excluding hydrogens is 479 g/mol. The van der Waals surface area contributed by atoms with Crippen LogP contribution in [0, 0.1) is 5.92 Å². The van der Waals surface area contributed by atoms with Crippen molar-refractivity contribution in [2.45, 2.75) is 12.8 Å². The number of aliphatic imine (C=N–C) groups is 1. The van der Waals surface area contributed by atoms with Gasteiger partial charge in [0.25, 0.3) is 0 Å². The number of ether oxygens (including phenoxy) is 2. The van der Waals surface area contributed by atoms with E-state index in [1.165, 1.54) is 5.69 Å². The second-order valence-corrected chi connectivity index (χ2v) is 7.28. The number of guanidine groups is 1. The van der Waals surface area contributed by atoms with E-state index in [-0.39, 0.29) is 24.0 Å². The summed E-state index contributed by atoms with van der Waals surface area (Å²) < 4.78 is 11.0. The molecule has 2 heterocycles. The highest BCUT2D eigenvalue weighted by atomic mass is 127. The number of hydrogen-bond donors (Lipinski definition) is 1. The molecule has 2 aliphatic heterocycles. The van der Waals surface area contributed by atoms with Crippen molar-refractivity contribution in [2.75, 3.05) is 64.1 Å². The summed E-state index contributed by atoms with van der Waals surface area (Å²) in [4.78, 5) is 9.01. The Kier molecular flexibility index (Phi) is 9.95. The molecule has 2 N–H and O–H groups in total. The van der Waals surface area contributed by atoms with Gasteiger partial charge in [-0.05, 0) is 37.1 Å². The van der Waals surface area contributed by atoms with Crippen molar-refractivity contribution in [1.29, 1.82) is 0 Å². The van der Waals surface area contributed by atoms with Crippen LogP contribution in [0.2, 0.25) is 5.02 Å². The third kappa shape index (κ3) is 7.29. The standard InChI is InChI=1S/C19H29ClN4O2.HI/c20-17-2-4-18(5-3-17)23-8-10-24(11-9-23)19(21)22-7-1-12-25-14-16-6-13-26-15-16;/h2-5,16H,1,6-15H2,(H2,21,22);1H. The summed E-state index contributed by atoms with van der Waals surface area (Å²) in [5.74, 6) is 1.21. The number of rotatable bonds is 7. The average molecular weight is 509 g/mol. The SMILES string of the molecule is I.NC(=NCCCOCC1CCOC1)N1CCN(c2ccc(Cl)cc2)CC1. The van der Waals surface area contributed by atoms with Crippen molar-refractivity contribution >= 4 is 47.2 Å². The van der Waals surface area contributed by atoms with Gasteiger partial charge in [-0.2, -0.15) is 0 Å². The molecule has 0 aliphatic carbocycles. The predicted octanol–water partition coefficient (Wildman–Crippen LogP) is 2.84. The average Bonchev–Trinajstić information content (AvgIpc) is 3.19. The van der Waals surface area contributed by atoms with E-state index in [0.717, 1.165) is 70.5 Å². The maximum absolute atomic E-state index is 6.15. The molecule has 0 radical (unpaired) electrons. The van der Waals surface area contributed by atoms with E-state index in [1.54, 1.807) is 0 Å². The Balaban J connectivity index is 0.00000261. The zero-order chi connectivity index (χ0) is 18.2. The highest BCUT2D eigenvalue weighted by molar-refractivity contribution is 14.0. The minimum atomic E-state index is 0. The van der Waals surface area contributed by atoms with Gasteiger partial charge in [0.2, 0.25) is 0 Å². The van der Waals surface area contributed by atoms with E-state index in [1.807, 2.05) is 12.1 Å². The molecule has 6 nitrogen and oxygen atoms in total. The van der Waals surface area contributed by atoms with Crippen LogP contribution in [0.25, 0.3) is 0 Å². The first-order chi connectivity index (χ1) is 12.7. The van der Waals surface area contributed by atoms with Gasteiger partial charge in [-0.3, -0.25) is 4.99 Å². The minimum absolute atomic E-state index is 0. The molecule has 2 aliphatic rings. The lowest BCUT2D eigenvalue weighted by molar-refractivity contribution is 0.0893. The summed E-state index contributed by atoms with van der Waals surface area (Å²) in [5, 5.41) is 0.768. The lowest BCUT2D eigenvalue weighted by atomic mass is 10.1. The molecule has 1 unspecified atom stereocenters. The minimum Gasteiger partial charge on any atom is -0.381 e. The van der Waals surface area contributed by atoms with Gasteiger partial charge >= 0.3 is 0 Å². The Morgan fingerprint density at radius 2 is 1.96 bits per heavy atom. The zero-order valence-corrected chi connectivity index (χ0v) is 18.8. The van der Waals surface area contributed by atoms with Gasteiger partial charge in [0.05, 0.1) is 13.2 Å². The van der Waals surface area contributed by atoms with Crippen molar-refractivity contribution in [3.8, 4) is 0 Å². The summed E-state index contributed by atoms with van der Waals surface area (Å²) in [6.45, 7) is 7.60. The Bertz CT molecular complexity index is 574. The van der Waals surface area contributed by atoms with Gasteiger partial charge in [-0.25, -0.2) is 0 Å². The molecule has 0 amide bonds. The Hall–Kier alpha value is -0.770. The largest absolute Gasteiger partial charge is 0.381 e. The second kappa shape index (κ2) is 11.9. The van der Waals surface area contributed by atoms with Gasteiger partial charge in [0.1, 0.15) is 0 Å². The molecule has 0 spiro atoms. The Labute approximate surface area is 184 Å². The molecule has 0 saturated carbocycles. The molecular formula is C19H30ClIN4O2. The first-order valence-corrected chi connectivity index (χ1v) is 9.81. The zero-order valence-electron chi connectivity index (χ0n) is 15.7. The molecule has 152 valence electrons. The summed E-state index contributed by atoms with van der Waals surface area (Å²) in [5.41, 5.74) is 7.35. The molecule has 0 aromatic heterocycles. The highest BCUT2D eigenvalue weighted by Crippen LogP contribution is 2.19. The van der Waals surface area contributed by atoms with Crippen LogP contribution in [0.3, 0.4) is 0 Å². The maximum Gasteiger partial charge on any atom is 0.191 e. The number of nitrogens with zero attached hydrogens (tertiary/aromatic N) is 3. The number of halogens is 2. The summed E-state index contributed by atoms with van der Waals surface area (Å²) >= 11 is 5.95. The summed E-state index contributed by atoms with van der Waals surface area (Å²) in [7, 11) is 0. The normalized spacial score (nSPS) is 20.6. The molecule has 27 heavy (non-hydrogen) atoms. The van der Waals surface area contributed by atoms with Crippen LogP contribution in [-0.4, -0.2) is 70.0 Å². The van der Waals surface area contributed by atoms with Crippen molar-refractivity contribution in [1.82, 2.24) is 4.90 Å². The van der Waals surface area contributed by atoms with E-state index in [4.69, 9.17) is 26.8 Å². The topological polar surface area (TPSA) is 63.3 Å². The molecule has 1 aromatic carbocycles. The van der Waals surface area contributed by atoms with Crippen molar-refractivity contribution in [2.24, 2.45) is 16.6 Å². The van der Waals surface area contributed by atoms with Crippen LogP contribution in [0.1, 0.15) is 12.8 Å².